The number of aliphatic hydroxyl groups excluding tert-OH is 1. The van der Waals surface area contributed by atoms with Gasteiger partial charge < -0.3 is 25.3 Å². The predicted octanol–water partition coefficient (Wildman–Crippen LogP) is 3.71. The first-order valence-corrected chi connectivity index (χ1v) is 11.0. The Labute approximate surface area is 201 Å². The molecule has 0 aliphatic rings. The predicted molar refractivity (Wildman–Crippen MR) is 131 cm³/mol. The zero-order chi connectivity index (χ0) is 24.6. The third-order valence-corrected chi connectivity index (χ3v) is 5.09. The topological polar surface area (TPSA) is 127 Å². The number of carbonyl (C=O) groups excluding carboxylic acids is 2. The minimum absolute atomic E-state index is 0.0539. The first kappa shape index (κ1) is 23.8. The molecule has 0 saturated carbocycles. The lowest BCUT2D eigenvalue weighted by atomic mass is 10.2. The molecular formula is C26H25N3O6. The molecule has 1 aromatic heterocycles. The Balaban J connectivity index is 1.34. The third-order valence-electron chi connectivity index (χ3n) is 5.09. The molecule has 0 saturated heterocycles. The van der Waals surface area contributed by atoms with Crippen molar-refractivity contribution in [2.24, 2.45) is 0 Å². The highest BCUT2D eigenvalue weighted by molar-refractivity contribution is 6.05. The number of furan rings is 1. The lowest BCUT2D eigenvalue weighted by Crippen LogP contribution is -2.35. The number of nitrogen functional groups attached to an aromatic ring is 1. The number of hydrogen-bond acceptors (Lipinski definition) is 7. The molecule has 3 aromatic carbocycles. The van der Waals surface area contributed by atoms with Crippen molar-refractivity contribution in [1.82, 2.24) is 5.06 Å². The summed E-state index contributed by atoms with van der Waals surface area (Å²) >= 11 is 0. The number of nitrogens with one attached hydrogen (secondary N) is 1. The maximum Gasteiger partial charge on any atom is 0.313 e. The molecule has 0 radical (unpaired) electrons. The van der Waals surface area contributed by atoms with Crippen molar-refractivity contribution >= 4 is 34.2 Å². The van der Waals surface area contributed by atoms with E-state index in [0.29, 0.717) is 28.3 Å². The average molecular weight is 476 g/mol. The van der Waals surface area contributed by atoms with Gasteiger partial charge in [0.15, 0.2) is 5.76 Å². The number of benzene rings is 3. The molecule has 0 unspecified atom stereocenters. The van der Waals surface area contributed by atoms with Crippen LogP contribution in [0.4, 0.5) is 11.4 Å². The minimum atomic E-state index is -0.481. The summed E-state index contributed by atoms with van der Waals surface area (Å²) in [7, 11) is 0. The van der Waals surface area contributed by atoms with Crippen molar-refractivity contribution in [2.45, 2.75) is 0 Å². The molecule has 180 valence electrons. The monoisotopic (exact) mass is 475 g/mol. The van der Waals surface area contributed by atoms with Crippen LogP contribution in [0.3, 0.4) is 0 Å². The smallest absolute Gasteiger partial charge is 0.313 e. The van der Waals surface area contributed by atoms with Crippen LogP contribution in [-0.4, -0.2) is 48.3 Å². The van der Waals surface area contributed by atoms with Gasteiger partial charge in [0.25, 0.3) is 5.91 Å². The number of rotatable bonds is 10. The lowest BCUT2D eigenvalue weighted by Gasteiger charge is -2.20. The highest BCUT2D eigenvalue weighted by Gasteiger charge is 2.21. The van der Waals surface area contributed by atoms with Gasteiger partial charge in [0.2, 0.25) is 0 Å². The van der Waals surface area contributed by atoms with E-state index in [4.69, 9.17) is 24.8 Å². The molecule has 0 spiro atoms. The van der Waals surface area contributed by atoms with Crippen LogP contribution >= 0.6 is 0 Å². The third kappa shape index (κ3) is 5.97. The zero-order valence-corrected chi connectivity index (χ0v) is 18.8. The second-order valence-electron chi connectivity index (χ2n) is 7.53. The average Bonchev–Trinajstić information content (AvgIpc) is 3.32. The molecule has 35 heavy (non-hydrogen) atoms. The Hall–Kier alpha value is -4.34. The van der Waals surface area contributed by atoms with Crippen LogP contribution in [0.5, 0.6) is 5.75 Å². The Morgan fingerprint density at radius 1 is 0.971 bits per heavy atom. The fourth-order valence-electron chi connectivity index (χ4n) is 3.34. The number of para-hydroxylation sites is 3. The quantitative estimate of drug-likeness (QED) is 0.236. The summed E-state index contributed by atoms with van der Waals surface area (Å²) in [4.78, 5) is 30.7. The molecule has 0 aliphatic carbocycles. The summed E-state index contributed by atoms with van der Waals surface area (Å²) in [5, 5.41) is 13.8. The van der Waals surface area contributed by atoms with Gasteiger partial charge in [-0.15, -0.1) is 0 Å². The van der Waals surface area contributed by atoms with E-state index in [2.05, 4.69) is 5.32 Å². The van der Waals surface area contributed by atoms with Gasteiger partial charge in [-0.2, -0.15) is 0 Å². The molecule has 9 heteroatoms. The normalized spacial score (nSPS) is 10.8. The summed E-state index contributed by atoms with van der Waals surface area (Å²) < 4.78 is 11.3. The van der Waals surface area contributed by atoms with E-state index in [1.54, 1.807) is 60.7 Å². The number of nitrogens with two attached hydrogens (primary N) is 1. The van der Waals surface area contributed by atoms with Crippen LogP contribution in [0, 0.1) is 0 Å². The molecule has 4 rings (SSSR count). The first-order valence-electron chi connectivity index (χ1n) is 11.0. The highest BCUT2D eigenvalue weighted by Crippen LogP contribution is 2.21. The first-order chi connectivity index (χ1) is 17.0. The van der Waals surface area contributed by atoms with E-state index in [1.807, 2.05) is 18.2 Å². The van der Waals surface area contributed by atoms with Gasteiger partial charge in [0, 0.05) is 10.9 Å². The van der Waals surface area contributed by atoms with Crippen molar-refractivity contribution in [3.63, 3.8) is 0 Å². The Kier molecular flexibility index (Phi) is 7.61. The van der Waals surface area contributed by atoms with Gasteiger partial charge in [-0.05, 0) is 48.5 Å². The number of nitrogens with zero attached hydrogens (tertiary/aromatic N) is 1. The van der Waals surface area contributed by atoms with Gasteiger partial charge in [-0.3, -0.25) is 14.4 Å². The maximum atomic E-state index is 12.9. The van der Waals surface area contributed by atoms with Crippen LogP contribution in [0.25, 0.3) is 11.0 Å². The number of ether oxygens (including phenoxy) is 1. The van der Waals surface area contributed by atoms with Crippen molar-refractivity contribution in [1.29, 1.82) is 0 Å². The SMILES string of the molecule is Nc1ccccc1NC(=O)c1ccc(OCCN(OCCO)C(=O)c2cc3ccccc3o2)cc1. The number of fused-ring (bicyclic) bond motifs is 1. The highest BCUT2D eigenvalue weighted by atomic mass is 16.7. The second-order valence-corrected chi connectivity index (χ2v) is 7.53. The molecule has 9 nitrogen and oxygen atoms in total. The summed E-state index contributed by atoms with van der Waals surface area (Å²) in [6.45, 7) is -0.0977. The molecule has 0 atom stereocenters. The van der Waals surface area contributed by atoms with E-state index in [9.17, 15) is 9.59 Å². The van der Waals surface area contributed by atoms with Gasteiger partial charge in [-0.25, -0.2) is 5.06 Å². The number of hydroxylamine groups is 2. The van der Waals surface area contributed by atoms with Gasteiger partial charge in [0.1, 0.15) is 17.9 Å². The molecule has 2 amide bonds. The van der Waals surface area contributed by atoms with Crippen LogP contribution in [0.15, 0.2) is 83.3 Å². The maximum absolute atomic E-state index is 12.9. The molecule has 4 N–H and O–H groups in total. The van der Waals surface area contributed by atoms with E-state index < -0.39 is 5.91 Å². The molecular weight excluding hydrogens is 450 g/mol. The minimum Gasteiger partial charge on any atom is -0.492 e. The Morgan fingerprint density at radius 2 is 1.71 bits per heavy atom. The van der Waals surface area contributed by atoms with Crippen LogP contribution in [0.1, 0.15) is 20.9 Å². The summed E-state index contributed by atoms with van der Waals surface area (Å²) in [6, 6.07) is 22.5. The van der Waals surface area contributed by atoms with Crippen molar-refractivity contribution in [3.8, 4) is 5.75 Å². The van der Waals surface area contributed by atoms with E-state index >= 15 is 0 Å². The molecule has 0 aliphatic heterocycles. The molecule has 4 aromatic rings. The molecule has 1 heterocycles. The molecule has 0 bridgehead atoms. The Bertz CT molecular complexity index is 1270. The number of carbonyl (C=O) groups is 2. The van der Waals surface area contributed by atoms with Crippen LogP contribution in [-0.2, 0) is 4.84 Å². The standard InChI is InChI=1S/C26H25N3O6/c27-21-6-2-3-7-22(21)28-25(31)18-9-11-20(12-10-18)33-15-13-29(34-16-14-30)26(32)24-17-19-5-1-4-8-23(19)35-24/h1-12,17,30H,13-16,27H2,(H,28,31). The van der Waals surface area contributed by atoms with E-state index in [-0.39, 0.29) is 38.0 Å². The summed E-state index contributed by atoms with van der Waals surface area (Å²) in [5.41, 5.74) is 7.91. The molecule has 0 fully saturated rings. The number of amides is 2. The van der Waals surface area contributed by atoms with Gasteiger partial charge in [0.05, 0.1) is 31.1 Å². The zero-order valence-electron chi connectivity index (χ0n) is 18.8. The fourth-order valence-corrected chi connectivity index (χ4v) is 3.34. The summed E-state index contributed by atoms with van der Waals surface area (Å²) in [5.74, 6) is -0.141. The number of anilines is 2. The Morgan fingerprint density at radius 3 is 2.46 bits per heavy atom. The van der Waals surface area contributed by atoms with Crippen molar-refractivity contribution in [2.75, 3.05) is 37.4 Å². The number of hydrogen-bond donors (Lipinski definition) is 3. The second kappa shape index (κ2) is 11.2. The van der Waals surface area contributed by atoms with Gasteiger partial charge in [-0.1, -0.05) is 30.3 Å². The van der Waals surface area contributed by atoms with Crippen LogP contribution < -0.4 is 15.8 Å². The van der Waals surface area contributed by atoms with Crippen LogP contribution in [0.2, 0.25) is 0 Å². The van der Waals surface area contributed by atoms with Crippen molar-refractivity contribution in [3.05, 3.63) is 90.2 Å². The largest absolute Gasteiger partial charge is 0.492 e. The summed E-state index contributed by atoms with van der Waals surface area (Å²) in [6.07, 6.45) is 0. The fraction of sp³-hybridized carbons (Fsp3) is 0.154. The number of aliphatic hydroxyl groups is 1. The van der Waals surface area contributed by atoms with Crippen molar-refractivity contribution < 1.29 is 28.7 Å². The van der Waals surface area contributed by atoms with Gasteiger partial charge >= 0.3 is 5.91 Å². The van der Waals surface area contributed by atoms with E-state index in [1.165, 1.54) is 0 Å². The van der Waals surface area contributed by atoms with E-state index in [0.717, 1.165) is 10.4 Å². The lowest BCUT2D eigenvalue weighted by molar-refractivity contribution is -0.135.